The van der Waals surface area contributed by atoms with Gasteiger partial charge in [-0.05, 0) is 18.2 Å². The van der Waals surface area contributed by atoms with Gasteiger partial charge >= 0.3 is 6.18 Å². The number of aromatic amines is 1. The summed E-state index contributed by atoms with van der Waals surface area (Å²) in [6.07, 6.45) is -2.88. The van der Waals surface area contributed by atoms with E-state index in [4.69, 9.17) is 0 Å². The minimum absolute atomic E-state index is 0.248. The molecule has 0 amide bonds. The summed E-state index contributed by atoms with van der Waals surface area (Å²) in [7, 11) is 0. The van der Waals surface area contributed by atoms with Crippen LogP contribution in [0.3, 0.4) is 0 Å². The van der Waals surface area contributed by atoms with E-state index in [1.165, 1.54) is 24.4 Å². The van der Waals surface area contributed by atoms with Crippen LogP contribution in [0.25, 0.3) is 22.4 Å². The quantitative estimate of drug-likeness (QED) is 0.749. The van der Waals surface area contributed by atoms with Crippen LogP contribution in [0.15, 0.2) is 47.4 Å². The SMILES string of the molecule is O=c1ccc2cnc(-c3ccc(C(F)(F)F)cc3)nc2[nH]1. The monoisotopic (exact) mass is 291 g/mol. The van der Waals surface area contributed by atoms with Crippen LogP contribution in [0.2, 0.25) is 0 Å². The van der Waals surface area contributed by atoms with E-state index in [1.54, 1.807) is 6.07 Å². The molecule has 2 aromatic heterocycles. The van der Waals surface area contributed by atoms with Gasteiger partial charge in [0.15, 0.2) is 5.82 Å². The van der Waals surface area contributed by atoms with Crippen LogP contribution in [-0.2, 0) is 6.18 Å². The van der Waals surface area contributed by atoms with Gasteiger partial charge in [-0.15, -0.1) is 0 Å². The summed E-state index contributed by atoms with van der Waals surface area (Å²) < 4.78 is 37.5. The first-order valence-corrected chi connectivity index (χ1v) is 5.97. The number of fused-ring (bicyclic) bond motifs is 1. The fourth-order valence-electron chi connectivity index (χ4n) is 1.88. The highest BCUT2D eigenvalue weighted by Gasteiger charge is 2.30. The van der Waals surface area contributed by atoms with Crippen LogP contribution < -0.4 is 5.56 Å². The number of H-pyrrole nitrogens is 1. The molecule has 21 heavy (non-hydrogen) atoms. The molecular formula is C14H8F3N3O. The Morgan fingerprint density at radius 3 is 2.38 bits per heavy atom. The topological polar surface area (TPSA) is 58.6 Å². The average Bonchev–Trinajstić information content (AvgIpc) is 2.45. The molecule has 3 rings (SSSR count). The fourth-order valence-corrected chi connectivity index (χ4v) is 1.88. The van der Waals surface area contributed by atoms with Crippen molar-refractivity contribution in [1.29, 1.82) is 0 Å². The Balaban J connectivity index is 2.06. The molecule has 0 saturated carbocycles. The standard InChI is InChI=1S/C14H8F3N3O/c15-14(16,17)10-4-1-8(2-5-10)12-18-7-9-3-6-11(21)19-13(9)20-12/h1-7H,(H,18,19,20,21). The maximum absolute atomic E-state index is 12.5. The van der Waals surface area contributed by atoms with Gasteiger partial charge in [0.05, 0.1) is 5.56 Å². The number of benzene rings is 1. The Bertz CT molecular complexity index is 854. The van der Waals surface area contributed by atoms with E-state index in [2.05, 4.69) is 15.0 Å². The maximum atomic E-state index is 12.5. The number of halogens is 3. The van der Waals surface area contributed by atoms with E-state index in [0.29, 0.717) is 16.6 Å². The number of pyridine rings is 1. The van der Waals surface area contributed by atoms with E-state index in [9.17, 15) is 18.0 Å². The van der Waals surface area contributed by atoms with Gasteiger partial charge in [0.1, 0.15) is 5.65 Å². The smallest absolute Gasteiger partial charge is 0.306 e. The van der Waals surface area contributed by atoms with Crippen molar-refractivity contribution in [1.82, 2.24) is 15.0 Å². The molecule has 4 nitrogen and oxygen atoms in total. The van der Waals surface area contributed by atoms with Crippen molar-refractivity contribution in [3.05, 3.63) is 58.5 Å². The maximum Gasteiger partial charge on any atom is 0.416 e. The molecule has 0 bridgehead atoms. The van der Waals surface area contributed by atoms with E-state index < -0.39 is 11.7 Å². The summed E-state index contributed by atoms with van der Waals surface area (Å²) in [4.78, 5) is 22.0. The van der Waals surface area contributed by atoms with Gasteiger partial charge in [-0.2, -0.15) is 13.2 Å². The molecule has 1 aromatic carbocycles. The molecule has 1 N–H and O–H groups in total. The third-order valence-corrected chi connectivity index (χ3v) is 2.94. The second kappa shape index (κ2) is 4.69. The molecule has 3 aromatic rings. The second-order valence-electron chi connectivity index (χ2n) is 4.40. The normalized spacial score (nSPS) is 11.8. The summed E-state index contributed by atoms with van der Waals surface area (Å²) in [6, 6.07) is 7.46. The highest BCUT2D eigenvalue weighted by Crippen LogP contribution is 2.30. The molecule has 106 valence electrons. The molecule has 0 aliphatic rings. The summed E-state index contributed by atoms with van der Waals surface area (Å²) in [6.45, 7) is 0. The highest BCUT2D eigenvalue weighted by molar-refractivity contribution is 5.75. The third-order valence-electron chi connectivity index (χ3n) is 2.94. The molecule has 2 heterocycles. The van der Waals surface area contributed by atoms with Gasteiger partial charge < -0.3 is 4.98 Å². The van der Waals surface area contributed by atoms with Crippen LogP contribution >= 0.6 is 0 Å². The zero-order chi connectivity index (χ0) is 15.0. The van der Waals surface area contributed by atoms with E-state index in [-0.39, 0.29) is 11.4 Å². The molecule has 0 saturated heterocycles. The first kappa shape index (κ1) is 13.3. The van der Waals surface area contributed by atoms with Crippen molar-refractivity contribution in [3.8, 4) is 11.4 Å². The van der Waals surface area contributed by atoms with Crippen molar-refractivity contribution in [2.24, 2.45) is 0 Å². The fraction of sp³-hybridized carbons (Fsp3) is 0.0714. The molecule has 0 unspecified atom stereocenters. The molecule has 0 aliphatic carbocycles. The lowest BCUT2D eigenvalue weighted by atomic mass is 10.1. The van der Waals surface area contributed by atoms with E-state index >= 15 is 0 Å². The Hall–Kier alpha value is -2.70. The molecular weight excluding hydrogens is 283 g/mol. The summed E-state index contributed by atoms with van der Waals surface area (Å²) in [5.41, 5.74) is -0.262. The molecule has 0 fully saturated rings. The Morgan fingerprint density at radius 1 is 1.00 bits per heavy atom. The van der Waals surface area contributed by atoms with Crippen molar-refractivity contribution in [3.63, 3.8) is 0 Å². The third kappa shape index (κ3) is 2.62. The van der Waals surface area contributed by atoms with Crippen molar-refractivity contribution >= 4 is 11.0 Å². The molecule has 0 radical (unpaired) electrons. The van der Waals surface area contributed by atoms with Crippen molar-refractivity contribution < 1.29 is 13.2 Å². The minimum Gasteiger partial charge on any atom is -0.306 e. The average molecular weight is 291 g/mol. The number of rotatable bonds is 1. The Morgan fingerprint density at radius 2 is 1.71 bits per heavy atom. The number of alkyl halides is 3. The number of hydrogen-bond acceptors (Lipinski definition) is 3. The van der Waals surface area contributed by atoms with Crippen LogP contribution in [-0.4, -0.2) is 15.0 Å². The van der Waals surface area contributed by atoms with Crippen molar-refractivity contribution in [2.45, 2.75) is 6.18 Å². The van der Waals surface area contributed by atoms with Gasteiger partial charge in [-0.25, -0.2) is 9.97 Å². The predicted octanol–water partition coefficient (Wildman–Crippen LogP) is 3.00. The molecule has 7 heteroatoms. The molecule has 0 aliphatic heterocycles. The summed E-state index contributed by atoms with van der Waals surface area (Å²) >= 11 is 0. The van der Waals surface area contributed by atoms with Gasteiger partial charge in [-0.3, -0.25) is 4.79 Å². The number of aromatic nitrogens is 3. The number of nitrogens with zero attached hydrogens (tertiary/aromatic N) is 2. The van der Waals surface area contributed by atoms with Gasteiger partial charge in [0.25, 0.3) is 0 Å². The van der Waals surface area contributed by atoms with Gasteiger partial charge in [-0.1, -0.05) is 12.1 Å². The lowest BCUT2D eigenvalue weighted by molar-refractivity contribution is -0.137. The van der Waals surface area contributed by atoms with E-state index in [1.807, 2.05) is 0 Å². The van der Waals surface area contributed by atoms with Gasteiger partial charge in [0.2, 0.25) is 5.56 Å². The number of hydrogen-bond donors (Lipinski definition) is 1. The lowest BCUT2D eigenvalue weighted by Crippen LogP contribution is -2.05. The number of nitrogens with one attached hydrogen (secondary N) is 1. The lowest BCUT2D eigenvalue weighted by Gasteiger charge is -2.07. The highest BCUT2D eigenvalue weighted by atomic mass is 19.4. The first-order chi connectivity index (χ1) is 9.93. The zero-order valence-electron chi connectivity index (χ0n) is 10.5. The summed E-state index contributed by atoms with van der Waals surface area (Å²) in [5, 5.41) is 0.644. The predicted molar refractivity (Wildman–Crippen MR) is 70.6 cm³/mol. The van der Waals surface area contributed by atoms with Crippen LogP contribution in [0, 0.1) is 0 Å². The minimum atomic E-state index is -4.38. The first-order valence-electron chi connectivity index (χ1n) is 5.97. The molecule has 0 atom stereocenters. The Labute approximate surface area is 116 Å². The van der Waals surface area contributed by atoms with Crippen LogP contribution in [0.4, 0.5) is 13.2 Å². The van der Waals surface area contributed by atoms with E-state index in [0.717, 1.165) is 12.1 Å². The Kier molecular flexibility index (Phi) is 2.97. The summed E-state index contributed by atoms with van der Waals surface area (Å²) in [5.74, 6) is 0.248. The van der Waals surface area contributed by atoms with Gasteiger partial charge in [0, 0.05) is 23.2 Å². The largest absolute Gasteiger partial charge is 0.416 e. The molecule has 0 spiro atoms. The van der Waals surface area contributed by atoms with Crippen LogP contribution in [0.5, 0.6) is 0 Å². The van der Waals surface area contributed by atoms with Crippen LogP contribution in [0.1, 0.15) is 5.56 Å². The van der Waals surface area contributed by atoms with Crippen molar-refractivity contribution in [2.75, 3.05) is 0 Å². The second-order valence-corrected chi connectivity index (χ2v) is 4.40. The zero-order valence-corrected chi connectivity index (χ0v) is 10.5.